The summed E-state index contributed by atoms with van der Waals surface area (Å²) in [5.74, 6) is -1.37. The lowest BCUT2D eigenvalue weighted by Gasteiger charge is -2.00. The summed E-state index contributed by atoms with van der Waals surface area (Å²) in [6, 6.07) is 2.29. The Bertz CT molecular complexity index is 536. The molecule has 0 fully saturated rings. The van der Waals surface area contributed by atoms with E-state index in [-0.39, 0.29) is 17.3 Å². The number of hydrogen-bond donors (Lipinski definition) is 1. The number of hydrogen-bond acceptors (Lipinski definition) is 4. The number of halogens is 3. The van der Waals surface area contributed by atoms with Crippen molar-refractivity contribution in [2.75, 3.05) is 6.54 Å². The first-order chi connectivity index (χ1) is 8.61. The molecule has 0 aliphatic rings. The molecule has 4 nitrogen and oxygen atoms in total. The Morgan fingerprint density at radius 2 is 1.94 bits per heavy atom. The first kappa shape index (κ1) is 13.1. The molecule has 1 N–H and O–H groups in total. The molecular weight excluding hydrogens is 308 g/mol. The summed E-state index contributed by atoms with van der Waals surface area (Å²) in [5, 5.41) is 10.3. The Balaban J connectivity index is 2.34. The van der Waals surface area contributed by atoms with Crippen LogP contribution in [-0.2, 0) is 6.54 Å². The molecule has 0 atom stereocenters. The molecule has 1 aromatic heterocycles. The largest absolute Gasteiger partial charge is 0.419 e. The van der Waals surface area contributed by atoms with Crippen LogP contribution in [0, 0.1) is 11.6 Å². The fourth-order valence-corrected chi connectivity index (χ4v) is 1.81. The molecule has 1 heterocycles. The molecule has 0 aliphatic carbocycles. The monoisotopic (exact) mass is 317 g/mol. The normalized spacial score (nSPS) is 10.9. The summed E-state index contributed by atoms with van der Waals surface area (Å²) < 4.78 is 32.8. The van der Waals surface area contributed by atoms with Crippen molar-refractivity contribution in [2.24, 2.45) is 0 Å². The summed E-state index contributed by atoms with van der Waals surface area (Å²) >= 11 is 3.00. The third kappa shape index (κ3) is 2.73. The van der Waals surface area contributed by atoms with Crippen LogP contribution in [0.3, 0.4) is 0 Å². The van der Waals surface area contributed by atoms with E-state index in [4.69, 9.17) is 4.42 Å². The van der Waals surface area contributed by atoms with E-state index >= 15 is 0 Å². The van der Waals surface area contributed by atoms with Gasteiger partial charge in [0.2, 0.25) is 5.89 Å². The van der Waals surface area contributed by atoms with Gasteiger partial charge in [0, 0.05) is 4.47 Å². The zero-order valence-electron chi connectivity index (χ0n) is 9.51. The van der Waals surface area contributed by atoms with Gasteiger partial charge in [0.15, 0.2) is 0 Å². The Labute approximate surface area is 111 Å². The zero-order chi connectivity index (χ0) is 13.1. The van der Waals surface area contributed by atoms with Gasteiger partial charge in [0.05, 0.1) is 6.54 Å². The molecule has 0 saturated heterocycles. The van der Waals surface area contributed by atoms with Crippen molar-refractivity contribution in [3.05, 3.63) is 34.1 Å². The summed E-state index contributed by atoms with van der Waals surface area (Å²) in [6.45, 7) is 3.02. The van der Waals surface area contributed by atoms with Crippen molar-refractivity contribution in [2.45, 2.75) is 13.5 Å². The van der Waals surface area contributed by atoms with Crippen LogP contribution in [0.5, 0.6) is 0 Å². The second-order valence-corrected chi connectivity index (χ2v) is 4.44. The summed E-state index contributed by atoms with van der Waals surface area (Å²) in [7, 11) is 0. The lowest BCUT2D eigenvalue weighted by Crippen LogP contribution is -2.11. The van der Waals surface area contributed by atoms with Crippen molar-refractivity contribution < 1.29 is 13.2 Å². The minimum atomic E-state index is -0.750. The molecule has 18 heavy (non-hydrogen) atoms. The van der Waals surface area contributed by atoms with Crippen molar-refractivity contribution >= 4 is 15.9 Å². The summed E-state index contributed by atoms with van der Waals surface area (Å²) in [5.41, 5.74) is -0.312. The predicted octanol–water partition coefficient (Wildman–Crippen LogP) is 2.89. The van der Waals surface area contributed by atoms with E-state index in [0.717, 1.165) is 18.7 Å². The van der Waals surface area contributed by atoms with Crippen LogP contribution in [0.2, 0.25) is 0 Å². The van der Waals surface area contributed by atoms with Crippen LogP contribution in [0.25, 0.3) is 11.5 Å². The van der Waals surface area contributed by atoms with Crippen molar-refractivity contribution in [1.82, 2.24) is 15.5 Å². The predicted molar refractivity (Wildman–Crippen MR) is 64.7 cm³/mol. The minimum Gasteiger partial charge on any atom is -0.419 e. The minimum absolute atomic E-state index is 0.162. The molecule has 96 valence electrons. The van der Waals surface area contributed by atoms with E-state index < -0.39 is 11.6 Å². The van der Waals surface area contributed by atoms with Gasteiger partial charge in [-0.15, -0.1) is 10.2 Å². The van der Waals surface area contributed by atoms with Gasteiger partial charge in [-0.3, -0.25) is 0 Å². The Morgan fingerprint density at radius 1 is 1.28 bits per heavy atom. The number of rotatable bonds is 4. The Kier molecular flexibility index (Phi) is 4.03. The van der Waals surface area contributed by atoms with Crippen LogP contribution in [0.15, 0.2) is 21.0 Å². The molecule has 7 heteroatoms. The van der Waals surface area contributed by atoms with Gasteiger partial charge in [-0.25, -0.2) is 8.78 Å². The molecule has 0 unspecified atom stereocenters. The first-order valence-electron chi connectivity index (χ1n) is 5.29. The third-order valence-electron chi connectivity index (χ3n) is 2.21. The van der Waals surface area contributed by atoms with Crippen LogP contribution < -0.4 is 5.32 Å². The molecular formula is C11H10BrF2N3O. The van der Waals surface area contributed by atoms with Gasteiger partial charge in [-0.1, -0.05) is 22.9 Å². The van der Waals surface area contributed by atoms with Gasteiger partial charge in [0.25, 0.3) is 5.89 Å². The molecule has 0 saturated carbocycles. The van der Waals surface area contributed by atoms with E-state index in [1.54, 1.807) is 0 Å². The molecule has 0 spiro atoms. The van der Waals surface area contributed by atoms with Gasteiger partial charge < -0.3 is 9.73 Å². The lowest BCUT2D eigenvalue weighted by atomic mass is 10.2. The second-order valence-electron chi connectivity index (χ2n) is 3.53. The van der Waals surface area contributed by atoms with Gasteiger partial charge in [-0.2, -0.15) is 0 Å². The number of aromatic nitrogens is 2. The number of benzene rings is 1. The average Bonchev–Trinajstić information content (AvgIpc) is 2.73. The molecule has 1 aromatic carbocycles. The molecule has 0 bridgehead atoms. The number of nitrogens with zero attached hydrogens (tertiary/aromatic N) is 2. The van der Waals surface area contributed by atoms with E-state index in [9.17, 15) is 8.78 Å². The fourth-order valence-electron chi connectivity index (χ4n) is 1.40. The van der Waals surface area contributed by atoms with Crippen molar-refractivity contribution in [3.63, 3.8) is 0 Å². The highest BCUT2D eigenvalue weighted by molar-refractivity contribution is 9.10. The van der Waals surface area contributed by atoms with Crippen LogP contribution in [0.4, 0.5) is 8.78 Å². The van der Waals surface area contributed by atoms with Gasteiger partial charge >= 0.3 is 0 Å². The van der Waals surface area contributed by atoms with Crippen molar-refractivity contribution in [3.8, 4) is 11.5 Å². The van der Waals surface area contributed by atoms with Gasteiger partial charge in [0.1, 0.15) is 17.2 Å². The lowest BCUT2D eigenvalue weighted by molar-refractivity contribution is 0.475. The van der Waals surface area contributed by atoms with Crippen molar-refractivity contribution in [1.29, 1.82) is 0 Å². The number of nitrogens with one attached hydrogen (secondary N) is 1. The van der Waals surface area contributed by atoms with Crippen LogP contribution in [0.1, 0.15) is 12.8 Å². The molecule has 2 rings (SSSR count). The van der Waals surface area contributed by atoms with Gasteiger partial charge in [-0.05, 0) is 18.7 Å². The zero-order valence-corrected chi connectivity index (χ0v) is 11.1. The SMILES string of the molecule is CCNCc1nnc(-c2c(F)cc(Br)cc2F)o1. The molecule has 2 aromatic rings. The van der Waals surface area contributed by atoms with Crippen LogP contribution in [-0.4, -0.2) is 16.7 Å². The maximum Gasteiger partial charge on any atom is 0.253 e. The fraction of sp³-hybridized carbons (Fsp3) is 0.273. The quantitative estimate of drug-likeness (QED) is 0.942. The Hall–Kier alpha value is -1.34. The van der Waals surface area contributed by atoms with E-state index in [1.165, 1.54) is 0 Å². The first-order valence-corrected chi connectivity index (χ1v) is 6.09. The van der Waals surface area contributed by atoms with E-state index in [2.05, 4.69) is 31.4 Å². The highest BCUT2D eigenvalue weighted by atomic mass is 79.9. The van der Waals surface area contributed by atoms with E-state index in [0.29, 0.717) is 11.0 Å². The Morgan fingerprint density at radius 3 is 2.56 bits per heavy atom. The highest BCUT2D eigenvalue weighted by Crippen LogP contribution is 2.27. The summed E-state index contributed by atoms with van der Waals surface area (Å²) in [6.07, 6.45) is 0. The molecule has 0 amide bonds. The third-order valence-corrected chi connectivity index (χ3v) is 2.67. The maximum absolute atomic E-state index is 13.6. The molecule has 0 radical (unpaired) electrons. The van der Waals surface area contributed by atoms with E-state index in [1.807, 2.05) is 6.92 Å². The van der Waals surface area contributed by atoms with Crippen LogP contribution >= 0.6 is 15.9 Å². The summed E-state index contributed by atoms with van der Waals surface area (Å²) in [4.78, 5) is 0. The smallest absolute Gasteiger partial charge is 0.253 e. The highest BCUT2D eigenvalue weighted by Gasteiger charge is 2.18. The standard InChI is InChI=1S/C11H10BrF2N3O/c1-2-15-5-9-16-17-11(18-9)10-7(13)3-6(12)4-8(10)14/h3-4,15H,2,5H2,1H3. The second kappa shape index (κ2) is 5.53. The average molecular weight is 318 g/mol. The maximum atomic E-state index is 13.6. The topological polar surface area (TPSA) is 51.0 Å². The molecule has 0 aliphatic heterocycles.